The van der Waals surface area contributed by atoms with Crippen LogP contribution in [-0.4, -0.2) is 28.6 Å². The van der Waals surface area contributed by atoms with Crippen LogP contribution in [0.15, 0.2) is 58.9 Å². The normalized spacial score (nSPS) is 11.7. The molecule has 24 heavy (non-hydrogen) atoms. The van der Waals surface area contributed by atoms with E-state index in [1.807, 2.05) is 30.3 Å². The SMILES string of the molecule is O=S(=O)(Nc1nncs1)c1ccc2nc(-c3ccccc3)[nH]c2c1. The van der Waals surface area contributed by atoms with Crippen molar-refractivity contribution in [3.8, 4) is 11.4 Å². The first-order valence-corrected chi connectivity index (χ1v) is 9.32. The minimum atomic E-state index is -3.72. The summed E-state index contributed by atoms with van der Waals surface area (Å²) in [4.78, 5) is 7.78. The maximum absolute atomic E-state index is 12.4. The average Bonchev–Trinajstić information content (AvgIpc) is 3.23. The Bertz CT molecular complexity index is 1090. The minimum Gasteiger partial charge on any atom is -0.338 e. The lowest BCUT2D eigenvalue weighted by atomic mass is 10.2. The molecule has 0 fully saturated rings. The summed E-state index contributed by atoms with van der Waals surface area (Å²) < 4.78 is 27.2. The molecule has 0 unspecified atom stereocenters. The van der Waals surface area contributed by atoms with Crippen LogP contribution in [0.1, 0.15) is 0 Å². The molecule has 120 valence electrons. The number of nitrogens with zero attached hydrogens (tertiary/aromatic N) is 3. The number of hydrogen-bond donors (Lipinski definition) is 2. The fraction of sp³-hybridized carbons (Fsp3) is 0. The highest BCUT2D eigenvalue weighted by Crippen LogP contribution is 2.24. The smallest absolute Gasteiger partial charge is 0.263 e. The van der Waals surface area contributed by atoms with E-state index in [9.17, 15) is 8.42 Å². The first-order chi connectivity index (χ1) is 11.6. The quantitative estimate of drug-likeness (QED) is 0.585. The summed E-state index contributed by atoms with van der Waals surface area (Å²) in [7, 11) is -3.72. The molecule has 0 radical (unpaired) electrons. The molecular weight excluding hydrogens is 346 g/mol. The summed E-state index contributed by atoms with van der Waals surface area (Å²) >= 11 is 1.12. The highest BCUT2D eigenvalue weighted by atomic mass is 32.2. The lowest BCUT2D eigenvalue weighted by Crippen LogP contribution is -2.12. The number of aromatic nitrogens is 4. The summed E-state index contributed by atoms with van der Waals surface area (Å²) in [5, 5.41) is 7.53. The van der Waals surface area contributed by atoms with E-state index in [2.05, 4.69) is 24.9 Å². The fourth-order valence-corrected chi connectivity index (χ4v) is 4.00. The van der Waals surface area contributed by atoms with Crippen molar-refractivity contribution >= 4 is 37.5 Å². The van der Waals surface area contributed by atoms with E-state index in [0.717, 1.165) is 16.9 Å². The molecule has 7 nitrogen and oxygen atoms in total. The van der Waals surface area contributed by atoms with Crippen molar-refractivity contribution < 1.29 is 8.42 Å². The molecule has 4 aromatic rings. The molecule has 0 bridgehead atoms. The average molecular weight is 357 g/mol. The highest BCUT2D eigenvalue weighted by molar-refractivity contribution is 7.93. The lowest BCUT2D eigenvalue weighted by Gasteiger charge is -2.04. The van der Waals surface area contributed by atoms with Gasteiger partial charge in [-0.15, -0.1) is 10.2 Å². The molecule has 2 N–H and O–H groups in total. The Kier molecular flexibility index (Phi) is 3.51. The lowest BCUT2D eigenvalue weighted by molar-refractivity contribution is 0.601. The van der Waals surface area contributed by atoms with Crippen LogP contribution < -0.4 is 4.72 Å². The summed E-state index contributed by atoms with van der Waals surface area (Å²) in [6, 6.07) is 14.4. The van der Waals surface area contributed by atoms with Crippen LogP contribution in [0, 0.1) is 0 Å². The molecular formula is C15H11N5O2S2. The molecule has 0 aliphatic carbocycles. The van der Waals surface area contributed by atoms with Gasteiger partial charge in [0, 0.05) is 5.56 Å². The molecule has 2 aromatic carbocycles. The molecule has 0 aliphatic heterocycles. The number of aromatic amines is 1. The molecule has 9 heteroatoms. The predicted molar refractivity (Wildman–Crippen MR) is 92.2 cm³/mol. The van der Waals surface area contributed by atoms with Crippen LogP contribution in [0.4, 0.5) is 5.13 Å². The van der Waals surface area contributed by atoms with Gasteiger partial charge in [0.05, 0.1) is 15.9 Å². The summed E-state index contributed by atoms with van der Waals surface area (Å²) in [6.45, 7) is 0. The third-order valence-corrected chi connectivity index (χ3v) is 5.47. The molecule has 0 aliphatic rings. The number of anilines is 1. The molecule has 2 heterocycles. The zero-order valence-corrected chi connectivity index (χ0v) is 13.8. The van der Waals surface area contributed by atoms with Gasteiger partial charge in [-0.2, -0.15) is 0 Å². The van der Waals surface area contributed by atoms with Gasteiger partial charge in [-0.3, -0.25) is 4.72 Å². The molecule has 0 saturated heterocycles. The molecule has 2 aromatic heterocycles. The molecule has 0 saturated carbocycles. The van der Waals surface area contributed by atoms with Gasteiger partial charge in [0.2, 0.25) is 5.13 Å². The van der Waals surface area contributed by atoms with Gasteiger partial charge in [0.25, 0.3) is 10.0 Å². The van der Waals surface area contributed by atoms with E-state index in [1.165, 1.54) is 11.6 Å². The van der Waals surface area contributed by atoms with Crippen LogP contribution >= 0.6 is 11.3 Å². The van der Waals surface area contributed by atoms with Crippen molar-refractivity contribution in [1.29, 1.82) is 0 Å². The number of hydrogen-bond acceptors (Lipinski definition) is 6. The third-order valence-electron chi connectivity index (χ3n) is 3.39. The molecule has 0 amide bonds. The van der Waals surface area contributed by atoms with E-state index in [1.54, 1.807) is 12.1 Å². The minimum absolute atomic E-state index is 0.133. The maximum Gasteiger partial charge on any atom is 0.263 e. The number of nitrogens with one attached hydrogen (secondary N) is 2. The number of H-pyrrole nitrogens is 1. The van der Waals surface area contributed by atoms with Crippen molar-refractivity contribution in [2.45, 2.75) is 4.90 Å². The fourth-order valence-electron chi connectivity index (χ4n) is 2.28. The summed E-state index contributed by atoms with van der Waals surface area (Å²) in [6.07, 6.45) is 0. The first kappa shape index (κ1) is 14.8. The molecule has 0 atom stereocenters. The second-order valence-corrected chi connectivity index (χ2v) is 7.50. The number of fused-ring (bicyclic) bond motifs is 1. The number of sulfonamides is 1. The highest BCUT2D eigenvalue weighted by Gasteiger charge is 2.17. The Balaban J connectivity index is 1.73. The van der Waals surface area contributed by atoms with Crippen LogP contribution in [-0.2, 0) is 10.0 Å². The summed E-state index contributed by atoms with van der Waals surface area (Å²) in [5.74, 6) is 0.692. The topological polar surface area (TPSA) is 101 Å². The Labute approximate surface area is 141 Å². The Morgan fingerprint density at radius 1 is 1.08 bits per heavy atom. The van der Waals surface area contributed by atoms with E-state index in [4.69, 9.17) is 0 Å². The van der Waals surface area contributed by atoms with Crippen LogP contribution in [0.5, 0.6) is 0 Å². The monoisotopic (exact) mass is 357 g/mol. The van der Waals surface area contributed by atoms with E-state index >= 15 is 0 Å². The number of benzene rings is 2. The van der Waals surface area contributed by atoms with Gasteiger partial charge in [-0.05, 0) is 18.2 Å². The standard InChI is InChI=1S/C15H11N5O2S2/c21-24(22,20-15-19-16-9-23-15)11-6-7-12-13(8-11)18-14(17-12)10-4-2-1-3-5-10/h1-9H,(H,17,18)(H,19,20). The maximum atomic E-state index is 12.4. The number of rotatable bonds is 4. The zero-order valence-electron chi connectivity index (χ0n) is 12.2. The Morgan fingerprint density at radius 2 is 1.92 bits per heavy atom. The van der Waals surface area contributed by atoms with E-state index in [-0.39, 0.29) is 10.0 Å². The van der Waals surface area contributed by atoms with Crippen molar-refractivity contribution in [1.82, 2.24) is 20.2 Å². The van der Waals surface area contributed by atoms with Gasteiger partial charge >= 0.3 is 0 Å². The predicted octanol–water partition coefficient (Wildman–Crippen LogP) is 2.88. The molecule has 4 rings (SSSR count). The largest absolute Gasteiger partial charge is 0.338 e. The van der Waals surface area contributed by atoms with Crippen LogP contribution in [0.3, 0.4) is 0 Å². The van der Waals surface area contributed by atoms with E-state index in [0.29, 0.717) is 16.9 Å². The zero-order chi connectivity index (χ0) is 16.6. The Hall–Kier alpha value is -2.78. The van der Waals surface area contributed by atoms with Crippen LogP contribution in [0.2, 0.25) is 0 Å². The number of imidazole rings is 1. The van der Waals surface area contributed by atoms with Crippen molar-refractivity contribution in [3.05, 3.63) is 54.0 Å². The second kappa shape index (κ2) is 5.69. The van der Waals surface area contributed by atoms with Gasteiger partial charge in [-0.25, -0.2) is 13.4 Å². The van der Waals surface area contributed by atoms with Crippen molar-refractivity contribution in [3.63, 3.8) is 0 Å². The van der Waals surface area contributed by atoms with Crippen molar-refractivity contribution in [2.24, 2.45) is 0 Å². The van der Waals surface area contributed by atoms with Gasteiger partial charge in [0.1, 0.15) is 11.3 Å². The van der Waals surface area contributed by atoms with Crippen molar-refractivity contribution in [2.75, 3.05) is 4.72 Å². The van der Waals surface area contributed by atoms with Gasteiger partial charge in [-0.1, -0.05) is 41.7 Å². The van der Waals surface area contributed by atoms with Gasteiger partial charge in [0.15, 0.2) is 0 Å². The van der Waals surface area contributed by atoms with Gasteiger partial charge < -0.3 is 4.98 Å². The molecule has 0 spiro atoms. The second-order valence-electron chi connectivity index (χ2n) is 4.98. The summed E-state index contributed by atoms with van der Waals surface area (Å²) in [5.41, 5.74) is 3.74. The first-order valence-electron chi connectivity index (χ1n) is 6.96. The van der Waals surface area contributed by atoms with E-state index < -0.39 is 10.0 Å². The van der Waals surface area contributed by atoms with Crippen LogP contribution in [0.25, 0.3) is 22.4 Å². The Morgan fingerprint density at radius 3 is 2.67 bits per heavy atom. The third kappa shape index (κ3) is 2.74.